The zero-order chi connectivity index (χ0) is 20.8. The van der Waals surface area contributed by atoms with Gasteiger partial charge in [0.2, 0.25) is 11.1 Å². The van der Waals surface area contributed by atoms with Gasteiger partial charge in [-0.25, -0.2) is 4.68 Å². The predicted octanol–water partition coefficient (Wildman–Crippen LogP) is 2.59. The molecule has 2 aromatic carbocycles. The molecule has 1 unspecified atom stereocenters. The summed E-state index contributed by atoms with van der Waals surface area (Å²) in [6.45, 7) is 1.77. The van der Waals surface area contributed by atoms with E-state index < -0.39 is 5.25 Å². The van der Waals surface area contributed by atoms with Crippen molar-refractivity contribution in [3.8, 4) is 5.75 Å². The molecule has 3 aromatic rings. The lowest BCUT2D eigenvalue weighted by molar-refractivity contribution is -0.115. The fourth-order valence-electron chi connectivity index (χ4n) is 2.42. The maximum absolute atomic E-state index is 12.5. The molecular formula is C19H20N6O3S. The highest BCUT2D eigenvalue weighted by atomic mass is 32.2. The molecule has 10 heteroatoms. The summed E-state index contributed by atoms with van der Waals surface area (Å²) in [5.74, 6) is 0.115. The molecule has 0 aliphatic carbocycles. The molecule has 150 valence electrons. The molecule has 0 bridgehead atoms. The normalized spacial score (nSPS) is 11.6. The van der Waals surface area contributed by atoms with Gasteiger partial charge in [-0.05, 0) is 53.7 Å². The van der Waals surface area contributed by atoms with E-state index in [4.69, 9.17) is 4.74 Å². The second-order valence-electron chi connectivity index (χ2n) is 6.07. The molecule has 29 heavy (non-hydrogen) atoms. The van der Waals surface area contributed by atoms with Crippen molar-refractivity contribution in [3.05, 3.63) is 54.1 Å². The number of nitrogens with zero attached hydrogens (tertiary/aromatic N) is 4. The highest BCUT2D eigenvalue weighted by Gasteiger charge is 2.18. The molecule has 1 aromatic heterocycles. The van der Waals surface area contributed by atoms with Crippen LogP contribution in [0.3, 0.4) is 0 Å². The van der Waals surface area contributed by atoms with E-state index in [0.717, 1.165) is 0 Å². The first-order valence-corrected chi connectivity index (χ1v) is 9.60. The zero-order valence-electron chi connectivity index (χ0n) is 16.1. The van der Waals surface area contributed by atoms with Crippen LogP contribution >= 0.6 is 11.8 Å². The molecule has 0 aliphatic rings. The van der Waals surface area contributed by atoms with Gasteiger partial charge in [0.15, 0.2) is 0 Å². The number of amides is 2. The van der Waals surface area contributed by atoms with Crippen LogP contribution in [0.15, 0.2) is 53.7 Å². The van der Waals surface area contributed by atoms with Gasteiger partial charge in [0.05, 0.1) is 18.0 Å². The quantitative estimate of drug-likeness (QED) is 0.574. The first-order valence-electron chi connectivity index (χ1n) is 8.72. The Morgan fingerprint density at radius 2 is 1.83 bits per heavy atom. The first-order chi connectivity index (χ1) is 14.0. The Labute approximate surface area is 171 Å². The topological polar surface area (TPSA) is 111 Å². The van der Waals surface area contributed by atoms with Crippen LogP contribution < -0.4 is 15.4 Å². The summed E-state index contributed by atoms with van der Waals surface area (Å²) in [6.07, 6.45) is 0. The molecule has 0 aliphatic heterocycles. The first kappa shape index (κ1) is 20.3. The molecule has 0 spiro atoms. The average Bonchev–Trinajstić information content (AvgIpc) is 3.13. The molecule has 0 fully saturated rings. The lowest BCUT2D eigenvalue weighted by Gasteiger charge is -2.12. The monoisotopic (exact) mass is 412 g/mol. The number of aryl methyl sites for hydroxylation is 1. The molecule has 0 saturated heterocycles. The Balaban J connectivity index is 1.60. The van der Waals surface area contributed by atoms with Gasteiger partial charge in [-0.2, -0.15) is 0 Å². The summed E-state index contributed by atoms with van der Waals surface area (Å²) in [6, 6.07) is 13.8. The van der Waals surface area contributed by atoms with Gasteiger partial charge in [-0.1, -0.05) is 23.9 Å². The molecular weight excluding hydrogens is 392 g/mol. The molecule has 3 rings (SSSR count). The number of rotatable bonds is 7. The van der Waals surface area contributed by atoms with Crippen molar-refractivity contribution < 1.29 is 14.3 Å². The van der Waals surface area contributed by atoms with E-state index in [-0.39, 0.29) is 11.8 Å². The third-order valence-electron chi connectivity index (χ3n) is 4.00. The minimum Gasteiger partial charge on any atom is -0.495 e. The van der Waals surface area contributed by atoms with Gasteiger partial charge in [0.1, 0.15) is 5.75 Å². The Morgan fingerprint density at radius 3 is 2.48 bits per heavy atom. The summed E-state index contributed by atoms with van der Waals surface area (Å²) < 4.78 is 6.74. The number of ether oxygens (including phenoxy) is 1. The molecule has 1 atom stereocenters. The lowest BCUT2D eigenvalue weighted by Crippen LogP contribution is -2.23. The summed E-state index contributed by atoms with van der Waals surface area (Å²) in [5.41, 5.74) is 1.63. The number of methoxy groups -OCH3 is 1. The molecule has 2 N–H and O–H groups in total. The number of thioether (sulfide) groups is 1. The van der Waals surface area contributed by atoms with Crippen molar-refractivity contribution in [1.82, 2.24) is 20.2 Å². The Bertz CT molecular complexity index is 1010. The van der Waals surface area contributed by atoms with Crippen molar-refractivity contribution in [2.45, 2.75) is 17.3 Å². The number of anilines is 2. The number of para-hydroxylation sites is 2. The molecule has 1 heterocycles. The minimum absolute atomic E-state index is 0.191. The van der Waals surface area contributed by atoms with Crippen LogP contribution in [-0.4, -0.2) is 44.4 Å². The van der Waals surface area contributed by atoms with Crippen molar-refractivity contribution in [1.29, 1.82) is 0 Å². The number of nitrogens with one attached hydrogen (secondary N) is 2. The van der Waals surface area contributed by atoms with Gasteiger partial charge in [-0.15, -0.1) is 5.10 Å². The van der Waals surface area contributed by atoms with Gasteiger partial charge < -0.3 is 15.4 Å². The summed E-state index contributed by atoms with van der Waals surface area (Å²) in [7, 11) is 3.25. The van der Waals surface area contributed by atoms with Crippen molar-refractivity contribution >= 4 is 35.0 Å². The van der Waals surface area contributed by atoms with Gasteiger partial charge in [-0.3, -0.25) is 9.59 Å². The third-order valence-corrected chi connectivity index (χ3v) is 5.13. The second kappa shape index (κ2) is 9.20. The maximum Gasteiger partial charge on any atom is 0.255 e. The maximum atomic E-state index is 12.5. The Kier molecular flexibility index (Phi) is 6.45. The Hall–Kier alpha value is -3.40. The average molecular weight is 412 g/mol. The van der Waals surface area contributed by atoms with Gasteiger partial charge in [0, 0.05) is 18.3 Å². The number of hydrogen-bond donors (Lipinski definition) is 2. The number of carbonyl (C=O) groups is 2. The number of benzene rings is 2. The van der Waals surface area contributed by atoms with Crippen LogP contribution in [0.5, 0.6) is 5.75 Å². The van der Waals surface area contributed by atoms with E-state index in [1.807, 2.05) is 12.1 Å². The second-order valence-corrected chi connectivity index (χ2v) is 7.37. The number of carbonyl (C=O) groups excluding carboxylic acids is 2. The zero-order valence-corrected chi connectivity index (χ0v) is 16.9. The molecule has 2 amide bonds. The molecule has 0 radical (unpaired) electrons. The minimum atomic E-state index is -0.395. The number of aromatic nitrogens is 4. The van der Waals surface area contributed by atoms with Crippen molar-refractivity contribution in [3.63, 3.8) is 0 Å². The SMILES string of the molecule is COc1ccccc1NC(=O)c1ccc(NC(=O)C(C)Sc2nnnn2C)cc1. The highest BCUT2D eigenvalue weighted by molar-refractivity contribution is 8.00. The fraction of sp³-hybridized carbons (Fsp3) is 0.211. The lowest BCUT2D eigenvalue weighted by atomic mass is 10.2. The predicted molar refractivity (Wildman–Crippen MR) is 110 cm³/mol. The van der Waals surface area contributed by atoms with E-state index in [2.05, 4.69) is 26.2 Å². The van der Waals surface area contributed by atoms with E-state index in [9.17, 15) is 9.59 Å². The van der Waals surface area contributed by atoms with Gasteiger partial charge in [0.25, 0.3) is 5.91 Å². The summed E-state index contributed by atoms with van der Waals surface area (Å²) >= 11 is 1.26. The highest BCUT2D eigenvalue weighted by Crippen LogP contribution is 2.24. The number of hydrogen-bond acceptors (Lipinski definition) is 7. The van der Waals surface area contributed by atoms with Crippen LogP contribution in [0.25, 0.3) is 0 Å². The Morgan fingerprint density at radius 1 is 1.10 bits per heavy atom. The third kappa shape index (κ3) is 5.11. The van der Waals surface area contributed by atoms with E-state index in [1.54, 1.807) is 57.5 Å². The molecule has 9 nitrogen and oxygen atoms in total. The van der Waals surface area contributed by atoms with Crippen LogP contribution in [0.2, 0.25) is 0 Å². The van der Waals surface area contributed by atoms with Crippen molar-refractivity contribution in [2.24, 2.45) is 7.05 Å². The fourth-order valence-corrected chi connectivity index (χ4v) is 3.18. The van der Waals surface area contributed by atoms with Crippen molar-refractivity contribution in [2.75, 3.05) is 17.7 Å². The van der Waals surface area contributed by atoms with Crippen LogP contribution in [0.4, 0.5) is 11.4 Å². The summed E-state index contributed by atoms with van der Waals surface area (Å²) in [4.78, 5) is 24.8. The molecule has 0 saturated carbocycles. The smallest absolute Gasteiger partial charge is 0.255 e. The largest absolute Gasteiger partial charge is 0.495 e. The van der Waals surface area contributed by atoms with E-state index >= 15 is 0 Å². The number of tetrazole rings is 1. The van der Waals surface area contributed by atoms with Crippen LogP contribution in [0, 0.1) is 0 Å². The standard InChI is InChI=1S/C19H20N6O3S/c1-12(29-19-22-23-24-25(19)2)17(26)20-14-10-8-13(9-11-14)18(27)21-15-6-4-5-7-16(15)28-3/h4-12H,1-3H3,(H,20,26)(H,21,27). The van der Waals surface area contributed by atoms with Crippen LogP contribution in [-0.2, 0) is 11.8 Å². The van der Waals surface area contributed by atoms with Gasteiger partial charge >= 0.3 is 0 Å². The summed E-state index contributed by atoms with van der Waals surface area (Å²) in [5, 5.41) is 16.9. The van der Waals surface area contributed by atoms with Crippen LogP contribution in [0.1, 0.15) is 17.3 Å². The van der Waals surface area contributed by atoms with E-state index in [1.165, 1.54) is 16.4 Å². The van der Waals surface area contributed by atoms with E-state index in [0.29, 0.717) is 27.8 Å².